The molecule has 2 nitrogen and oxygen atoms in total. The van der Waals surface area contributed by atoms with Crippen molar-refractivity contribution in [2.24, 2.45) is 0 Å². The van der Waals surface area contributed by atoms with Gasteiger partial charge in [-0.2, -0.15) is 11.8 Å². The summed E-state index contributed by atoms with van der Waals surface area (Å²) >= 11 is 2.00. The van der Waals surface area contributed by atoms with E-state index in [1.165, 1.54) is 10.9 Å². The molecule has 0 spiro atoms. The van der Waals surface area contributed by atoms with Crippen molar-refractivity contribution >= 4 is 22.7 Å². The molecular weight excluding hydrogens is 276 g/mol. The fourth-order valence-electron chi connectivity index (χ4n) is 2.20. The highest BCUT2D eigenvalue weighted by Crippen LogP contribution is 2.29. The lowest BCUT2D eigenvalue weighted by Gasteiger charge is -2.24. The van der Waals surface area contributed by atoms with Crippen LogP contribution in [-0.4, -0.2) is 22.0 Å². The third kappa shape index (κ3) is 5.01. The third-order valence-corrected chi connectivity index (χ3v) is 4.70. The summed E-state index contributed by atoms with van der Waals surface area (Å²) in [6.45, 7) is 10.1. The van der Waals surface area contributed by atoms with Crippen LogP contribution in [0.25, 0.3) is 10.9 Å². The second-order valence-electron chi connectivity index (χ2n) is 6.39. The molecule has 0 aliphatic carbocycles. The standard InChI is InChI=1S/C18H26N2S/c1-5-10-19-17(13-21-18(2,3)4)15-11-14-8-6-7-9-16(14)20-12-15/h6-9,11-12,17,19H,5,10,13H2,1-4H3. The first-order chi connectivity index (χ1) is 9.99. The zero-order valence-electron chi connectivity index (χ0n) is 13.5. The topological polar surface area (TPSA) is 24.9 Å². The molecule has 0 aliphatic rings. The van der Waals surface area contributed by atoms with Gasteiger partial charge in [-0.25, -0.2) is 0 Å². The van der Waals surface area contributed by atoms with Gasteiger partial charge in [0.1, 0.15) is 0 Å². The zero-order chi connectivity index (χ0) is 15.3. The van der Waals surface area contributed by atoms with Crippen molar-refractivity contribution in [3.8, 4) is 0 Å². The molecule has 1 unspecified atom stereocenters. The second-order valence-corrected chi connectivity index (χ2v) is 8.24. The Bertz CT molecular complexity index is 575. The number of benzene rings is 1. The number of hydrogen-bond acceptors (Lipinski definition) is 3. The fraction of sp³-hybridized carbons (Fsp3) is 0.500. The fourth-order valence-corrected chi connectivity index (χ4v) is 3.18. The molecule has 2 rings (SSSR count). The highest BCUT2D eigenvalue weighted by molar-refractivity contribution is 8.00. The maximum atomic E-state index is 4.61. The molecule has 1 atom stereocenters. The van der Waals surface area contributed by atoms with Crippen LogP contribution < -0.4 is 5.32 Å². The number of nitrogens with zero attached hydrogens (tertiary/aromatic N) is 1. The summed E-state index contributed by atoms with van der Waals surface area (Å²) in [5, 5.41) is 4.88. The Balaban J connectivity index is 2.20. The van der Waals surface area contributed by atoms with Crippen molar-refractivity contribution in [3.63, 3.8) is 0 Å². The van der Waals surface area contributed by atoms with Crippen LogP contribution >= 0.6 is 11.8 Å². The van der Waals surface area contributed by atoms with E-state index in [4.69, 9.17) is 0 Å². The number of rotatable bonds is 6. The van der Waals surface area contributed by atoms with Crippen LogP contribution in [0.2, 0.25) is 0 Å². The predicted molar refractivity (Wildman–Crippen MR) is 95.0 cm³/mol. The Morgan fingerprint density at radius 1 is 1.24 bits per heavy atom. The number of hydrogen-bond donors (Lipinski definition) is 1. The maximum Gasteiger partial charge on any atom is 0.0702 e. The molecule has 3 heteroatoms. The molecule has 2 aromatic rings. The van der Waals surface area contributed by atoms with Crippen molar-refractivity contribution in [3.05, 3.63) is 42.1 Å². The van der Waals surface area contributed by atoms with E-state index in [-0.39, 0.29) is 4.75 Å². The lowest BCUT2D eigenvalue weighted by molar-refractivity contribution is 0.574. The van der Waals surface area contributed by atoms with E-state index in [9.17, 15) is 0 Å². The average molecular weight is 302 g/mol. The van der Waals surface area contributed by atoms with Crippen molar-refractivity contribution < 1.29 is 0 Å². The van der Waals surface area contributed by atoms with Crippen molar-refractivity contribution in [2.75, 3.05) is 12.3 Å². The third-order valence-electron chi connectivity index (χ3n) is 3.34. The summed E-state index contributed by atoms with van der Waals surface area (Å²) in [5.74, 6) is 1.07. The van der Waals surface area contributed by atoms with Crippen LogP contribution in [0, 0.1) is 0 Å². The maximum absolute atomic E-state index is 4.61. The molecule has 1 N–H and O–H groups in total. The number of nitrogens with one attached hydrogen (secondary N) is 1. The normalized spacial score (nSPS) is 13.5. The number of para-hydroxylation sites is 1. The minimum Gasteiger partial charge on any atom is -0.309 e. The summed E-state index contributed by atoms with van der Waals surface area (Å²) < 4.78 is 0.288. The molecule has 21 heavy (non-hydrogen) atoms. The van der Waals surface area contributed by atoms with Crippen LogP contribution in [0.3, 0.4) is 0 Å². The SMILES string of the molecule is CCCNC(CSC(C)(C)C)c1cnc2ccccc2c1. The van der Waals surface area contributed by atoms with Crippen LogP contribution in [0.4, 0.5) is 0 Å². The quantitative estimate of drug-likeness (QED) is 0.829. The lowest BCUT2D eigenvalue weighted by Crippen LogP contribution is -2.26. The van der Waals surface area contributed by atoms with Crippen LogP contribution in [0.5, 0.6) is 0 Å². The Morgan fingerprint density at radius 3 is 2.71 bits per heavy atom. The van der Waals surface area contributed by atoms with E-state index in [1.54, 1.807) is 0 Å². The van der Waals surface area contributed by atoms with Gasteiger partial charge in [0.05, 0.1) is 5.52 Å². The minimum atomic E-state index is 0.288. The van der Waals surface area contributed by atoms with Gasteiger partial charge >= 0.3 is 0 Å². The highest BCUT2D eigenvalue weighted by Gasteiger charge is 2.17. The van der Waals surface area contributed by atoms with E-state index < -0.39 is 0 Å². The lowest BCUT2D eigenvalue weighted by atomic mass is 10.1. The van der Waals surface area contributed by atoms with Gasteiger partial charge in [-0.3, -0.25) is 4.98 Å². The number of pyridine rings is 1. The zero-order valence-corrected chi connectivity index (χ0v) is 14.3. The van der Waals surface area contributed by atoms with Gasteiger partial charge in [0.25, 0.3) is 0 Å². The van der Waals surface area contributed by atoms with E-state index >= 15 is 0 Å². The molecule has 0 bridgehead atoms. The van der Waals surface area contributed by atoms with E-state index in [0.29, 0.717) is 6.04 Å². The van der Waals surface area contributed by atoms with Crippen molar-refractivity contribution in [2.45, 2.75) is 44.9 Å². The van der Waals surface area contributed by atoms with Crippen LogP contribution in [0.1, 0.15) is 45.7 Å². The molecule has 0 fully saturated rings. The van der Waals surface area contributed by atoms with E-state index in [2.05, 4.69) is 62.3 Å². The summed E-state index contributed by atoms with van der Waals surface area (Å²) in [6, 6.07) is 11.0. The summed E-state index contributed by atoms with van der Waals surface area (Å²) in [5.41, 5.74) is 2.36. The summed E-state index contributed by atoms with van der Waals surface area (Å²) in [4.78, 5) is 4.61. The second kappa shape index (κ2) is 7.28. The summed E-state index contributed by atoms with van der Waals surface area (Å²) in [6.07, 6.45) is 3.18. The molecule has 0 aliphatic heterocycles. The smallest absolute Gasteiger partial charge is 0.0702 e. The van der Waals surface area contributed by atoms with Gasteiger partial charge < -0.3 is 5.32 Å². The Morgan fingerprint density at radius 2 is 2.00 bits per heavy atom. The van der Waals surface area contributed by atoms with Gasteiger partial charge in [-0.1, -0.05) is 45.9 Å². The van der Waals surface area contributed by atoms with E-state index in [1.807, 2.05) is 24.0 Å². The molecule has 114 valence electrons. The van der Waals surface area contributed by atoms with Crippen molar-refractivity contribution in [1.29, 1.82) is 0 Å². The number of aromatic nitrogens is 1. The van der Waals surface area contributed by atoms with Gasteiger partial charge in [0.2, 0.25) is 0 Å². The van der Waals surface area contributed by atoms with E-state index in [0.717, 1.165) is 24.2 Å². The predicted octanol–water partition coefficient (Wildman–Crippen LogP) is 4.81. The number of thioether (sulfide) groups is 1. The van der Waals surface area contributed by atoms with Gasteiger partial charge in [0, 0.05) is 28.1 Å². The van der Waals surface area contributed by atoms with Crippen LogP contribution in [-0.2, 0) is 0 Å². The molecule has 0 amide bonds. The molecule has 0 radical (unpaired) electrons. The average Bonchev–Trinajstić information content (AvgIpc) is 2.46. The van der Waals surface area contributed by atoms with Gasteiger partial charge in [0.15, 0.2) is 0 Å². The molecule has 1 heterocycles. The Labute approximate surface area is 132 Å². The Hall–Kier alpha value is -1.06. The van der Waals surface area contributed by atoms with Crippen LogP contribution in [0.15, 0.2) is 36.5 Å². The molecular formula is C18H26N2S. The monoisotopic (exact) mass is 302 g/mol. The molecule has 0 saturated heterocycles. The van der Waals surface area contributed by atoms with Gasteiger partial charge in [-0.15, -0.1) is 0 Å². The molecule has 0 saturated carbocycles. The van der Waals surface area contributed by atoms with Crippen molar-refractivity contribution in [1.82, 2.24) is 10.3 Å². The first kappa shape index (κ1) is 16.3. The highest BCUT2D eigenvalue weighted by atomic mass is 32.2. The summed E-state index contributed by atoms with van der Waals surface area (Å²) in [7, 11) is 0. The molecule has 1 aromatic heterocycles. The number of fused-ring (bicyclic) bond motifs is 1. The Kier molecular flexibility index (Phi) is 5.65. The largest absolute Gasteiger partial charge is 0.309 e. The minimum absolute atomic E-state index is 0.288. The molecule has 1 aromatic carbocycles. The first-order valence-electron chi connectivity index (χ1n) is 7.71. The van der Waals surface area contributed by atoms with Gasteiger partial charge in [-0.05, 0) is 30.7 Å². The first-order valence-corrected chi connectivity index (χ1v) is 8.70.